The number of aromatic nitrogens is 1. The van der Waals surface area contributed by atoms with Crippen molar-refractivity contribution in [2.24, 2.45) is 0 Å². The standard InChI is InChI=1S/C13H18N2O3S/c1-15(12(16)11-8-14-9-19-11)10-2-4-13(5-3-10)17-6-7-18-13/h8-10H,2-7H2,1H3. The number of carbonyl (C=O) groups is 1. The number of ether oxygens (including phenoxy) is 2. The van der Waals surface area contributed by atoms with Crippen molar-refractivity contribution < 1.29 is 14.3 Å². The van der Waals surface area contributed by atoms with Crippen molar-refractivity contribution >= 4 is 17.2 Å². The Morgan fingerprint density at radius 1 is 1.42 bits per heavy atom. The molecule has 104 valence electrons. The predicted octanol–water partition coefficient (Wildman–Crippen LogP) is 1.90. The van der Waals surface area contributed by atoms with Gasteiger partial charge in [-0.2, -0.15) is 0 Å². The van der Waals surface area contributed by atoms with Crippen LogP contribution in [0.4, 0.5) is 0 Å². The van der Waals surface area contributed by atoms with E-state index in [-0.39, 0.29) is 17.7 Å². The van der Waals surface area contributed by atoms with Gasteiger partial charge < -0.3 is 14.4 Å². The van der Waals surface area contributed by atoms with Gasteiger partial charge in [-0.25, -0.2) is 0 Å². The highest BCUT2D eigenvalue weighted by Gasteiger charge is 2.41. The van der Waals surface area contributed by atoms with E-state index in [0.29, 0.717) is 18.1 Å². The minimum Gasteiger partial charge on any atom is -0.348 e. The Hall–Kier alpha value is -0.980. The quantitative estimate of drug-likeness (QED) is 0.831. The largest absolute Gasteiger partial charge is 0.348 e. The second-order valence-corrected chi connectivity index (χ2v) is 6.01. The van der Waals surface area contributed by atoms with E-state index in [2.05, 4.69) is 4.98 Å². The third-order valence-electron chi connectivity index (χ3n) is 4.04. The number of rotatable bonds is 2. The number of thiazole rings is 1. The molecule has 6 heteroatoms. The van der Waals surface area contributed by atoms with Crippen molar-refractivity contribution in [3.8, 4) is 0 Å². The summed E-state index contributed by atoms with van der Waals surface area (Å²) in [5.74, 6) is -0.290. The highest BCUT2D eigenvalue weighted by molar-refractivity contribution is 7.11. The summed E-state index contributed by atoms with van der Waals surface area (Å²) in [7, 11) is 1.88. The van der Waals surface area contributed by atoms with Crippen molar-refractivity contribution in [3.05, 3.63) is 16.6 Å². The fourth-order valence-corrected chi connectivity index (χ4v) is 3.48. The molecule has 1 saturated carbocycles. The van der Waals surface area contributed by atoms with Crippen LogP contribution in [0.3, 0.4) is 0 Å². The lowest BCUT2D eigenvalue weighted by atomic mass is 9.89. The molecular weight excluding hydrogens is 264 g/mol. The normalized spacial score (nSPS) is 22.8. The molecule has 0 bridgehead atoms. The first-order valence-electron chi connectivity index (χ1n) is 6.64. The van der Waals surface area contributed by atoms with E-state index in [1.165, 1.54) is 11.3 Å². The van der Waals surface area contributed by atoms with Crippen molar-refractivity contribution in [3.63, 3.8) is 0 Å². The molecule has 1 aliphatic carbocycles. The molecule has 0 atom stereocenters. The summed E-state index contributed by atoms with van der Waals surface area (Å²) in [4.78, 5) is 18.8. The van der Waals surface area contributed by atoms with E-state index in [4.69, 9.17) is 9.47 Å². The Morgan fingerprint density at radius 2 is 2.11 bits per heavy atom. The van der Waals surface area contributed by atoms with Crippen molar-refractivity contribution in [1.82, 2.24) is 9.88 Å². The average molecular weight is 282 g/mol. The van der Waals surface area contributed by atoms with E-state index in [9.17, 15) is 4.79 Å². The van der Waals surface area contributed by atoms with Crippen LogP contribution in [-0.2, 0) is 9.47 Å². The maximum absolute atomic E-state index is 12.3. The summed E-state index contributed by atoms with van der Waals surface area (Å²) >= 11 is 1.39. The smallest absolute Gasteiger partial charge is 0.265 e. The minimum atomic E-state index is -0.356. The number of carbonyl (C=O) groups excluding carboxylic acids is 1. The molecule has 1 aliphatic heterocycles. The first-order chi connectivity index (χ1) is 9.20. The van der Waals surface area contributed by atoms with E-state index < -0.39 is 0 Å². The van der Waals surface area contributed by atoms with Crippen molar-refractivity contribution in [2.45, 2.75) is 37.5 Å². The van der Waals surface area contributed by atoms with Crippen LogP contribution < -0.4 is 0 Å². The molecule has 5 nitrogen and oxygen atoms in total. The molecule has 0 aromatic carbocycles. The van der Waals surface area contributed by atoms with Crippen LogP contribution in [0.5, 0.6) is 0 Å². The molecule has 0 radical (unpaired) electrons. The molecule has 1 spiro atoms. The number of hydrogen-bond donors (Lipinski definition) is 0. The zero-order valence-electron chi connectivity index (χ0n) is 11.0. The average Bonchev–Trinajstić information content (AvgIpc) is 3.10. The molecule has 1 saturated heterocycles. The van der Waals surface area contributed by atoms with E-state index in [0.717, 1.165) is 25.7 Å². The molecule has 2 heterocycles. The number of nitrogens with zero attached hydrogens (tertiary/aromatic N) is 2. The van der Waals surface area contributed by atoms with Gasteiger partial charge in [-0.3, -0.25) is 9.78 Å². The van der Waals surface area contributed by atoms with Crippen LogP contribution in [0.2, 0.25) is 0 Å². The van der Waals surface area contributed by atoms with Gasteiger partial charge in [-0.1, -0.05) is 0 Å². The van der Waals surface area contributed by atoms with Gasteiger partial charge in [0.05, 0.1) is 24.9 Å². The molecule has 2 fully saturated rings. The first-order valence-corrected chi connectivity index (χ1v) is 7.52. The van der Waals surface area contributed by atoms with Crippen LogP contribution in [0, 0.1) is 0 Å². The highest BCUT2D eigenvalue weighted by Crippen LogP contribution is 2.37. The minimum absolute atomic E-state index is 0.0664. The van der Waals surface area contributed by atoms with Gasteiger partial charge in [0.25, 0.3) is 5.91 Å². The van der Waals surface area contributed by atoms with Crippen LogP contribution >= 0.6 is 11.3 Å². The Bertz CT molecular complexity index is 433. The zero-order chi connectivity index (χ0) is 13.3. The Labute approximate surface area is 116 Å². The number of hydrogen-bond acceptors (Lipinski definition) is 5. The summed E-state index contributed by atoms with van der Waals surface area (Å²) in [6.45, 7) is 1.39. The van der Waals surface area contributed by atoms with Crippen LogP contribution in [-0.4, -0.2) is 47.9 Å². The molecule has 3 rings (SSSR count). The third-order valence-corrected chi connectivity index (χ3v) is 4.80. The van der Waals surface area contributed by atoms with Gasteiger partial charge in [0.1, 0.15) is 4.88 Å². The Kier molecular flexibility index (Phi) is 3.56. The van der Waals surface area contributed by atoms with Crippen molar-refractivity contribution in [1.29, 1.82) is 0 Å². The van der Waals surface area contributed by atoms with Gasteiger partial charge in [-0.15, -0.1) is 11.3 Å². The van der Waals surface area contributed by atoms with Gasteiger partial charge in [0, 0.05) is 25.9 Å². The molecule has 0 N–H and O–H groups in total. The fraction of sp³-hybridized carbons (Fsp3) is 0.692. The molecule has 1 aromatic heterocycles. The molecule has 2 aliphatic rings. The summed E-state index contributed by atoms with van der Waals surface area (Å²) in [6.07, 6.45) is 5.25. The maximum atomic E-state index is 12.3. The van der Waals surface area contributed by atoms with Crippen LogP contribution in [0.25, 0.3) is 0 Å². The van der Waals surface area contributed by atoms with Gasteiger partial charge >= 0.3 is 0 Å². The number of amides is 1. The Balaban J connectivity index is 1.60. The summed E-state index contributed by atoms with van der Waals surface area (Å²) < 4.78 is 11.4. The third kappa shape index (κ3) is 2.52. The Morgan fingerprint density at radius 3 is 2.68 bits per heavy atom. The lowest BCUT2D eigenvalue weighted by molar-refractivity contribution is -0.182. The summed E-state index contributed by atoms with van der Waals surface area (Å²) in [5.41, 5.74) is 1.69. The van der Waals surface area contributed by atoms with Crippen LogP contribution in [0.1, 0.15) is 35.4 Å². The molecule has 19 heavy (non-hydrogen) atoms. The molecule has 1 amide bonds. The van der Waals surface area contributed by atoms with Gasteiger partial charge in [0.15, 0.2) is 5.79 Å². The van der Waals surface area contributed by atoms with Crippen LogP contribution in [0.15, 0.2) is 11.7 Å². The fourth-order valence-electron chi connectivity index (χ4n) is 2.88. The lowest BCUT2D eigenvalue weighted by Gasteiger charge is -2.38. The molecule has 1 aromatic rings. The van der Waals surface area contributed by atoms with E-state index in [1.807, 2.05) is 11.9 Å². The first kappa shape index (κ1) is 13.0. The highest BCUT2D eigenvalue weighted by atomic mass is 32.1. The maximum Gasteiger partial charge on any atom is 0.265 e. The van der Waals surface area contributed by atoms with Crippen molar-refractivity contribution in [2.75, 3.05) is 20.3 Å². The zero-order valence-corrected chi connectivity index (χ0v) is 11.8. The lowest BCUT2D eigenvalue weighted by Crippen LogP contribution is -2.44. The summed E-state index contributed by atoms with van der Waals surface area (Å²) in [6, 6.07) is 0.271. The molecule has 0 unspecified atom stereocenters. The SMILES string of the molecule is CN(C(=O)c1cncs1)C1CCC2(CC1)OCCO2. The summed E-state index contributed by atoms with van der Waals surface area (Å²) in [5, 5.41) is 0. The van der Waals surface area contributed by atoms with E-state index in [1.54, 1.807) is 11.7 Å². The monoisotopic (exact) mass is 282 g/mol. The topological polar surface area (TPSA) is 51.7 Å². The second kappa shape index (κ2) is 5.19. The predicted molar refractivity (Wildman–Crippen MR) is 71.1 cm³/mol. The second-order valence-electron chi connectivity index (χ2n) is 5.12. The van der Waals surface area contributed by atoms with Gasteiger partial charge in [0.2, 0.25) is 0 Å². The van der Waals surface area contributed by atoms with Gasteiger partial charge in [-0.05, 0) is 12.8 Å². The van der Waals surface area contributed by atoms with E-state index >= 15 is 0 Å². The molecular formula is C13H18N2O3S.